The highest BCUT2D eigenvalue weighted by Crippen LogP contribution is 2.38. The van der Waals surface area contributed by atoms with Gasteiger partial charge in [0.05, 0.1) is 25.3 Å². The molecule has 4 nitrogen and oxygen atoms in total. The average Bonchev–Trinajstić information content (AvgIpc) is 3.10. The summed E-state index contributed by atoms with van der Waals surface area (Å²) in [5.41, 5.74) is 10.0. The fourth-order valence-corrected chi connectivity index (χ4v) is 9.78. The number of benzene rings is 4. The molecule has 0 amide bonds. The molecule has 0 saturated carbocycles. The molecule has 244 valence electrons. The van der Waals surface area contributed by atoms with Crippen molar-refractivity contribution in [2.75, 3.05) is 14.2 Å². The molecule has 8 heteroatoms. The Morgan fingerprint density at radius 3 is 1.42 bits per heavy atom. The standard InChI is InChI=1S/2C20H17Br2NO/c2*1-24-17-4-2-3-12(10-17)13-5-6-19-14(7-13)8-15-9-16(21)11-18(22)20(15)23-19/h2*2-4,8-11,13H,5-7H2,1H3/t2*13-/m00/s1. The van der Waals surface area contributed by atoms with Crippen molar-refractivity contribution >= 4 is 85.5 Å². The summed E-state index contributed by atoms with van der Waals surface area (Å²) >= 11 is 14.4. The molecule has 4 aromatic carbocycles. The lowest BCUT2D eigenvalue weighted by Gasteiger charge is -2.25. The number of aryl methyl sites for hydroxylation is 2. The van der Waals surface area contributed by atoms with Gasteiger partial charge in [-0.15, -0.1) is 0 Å². The molecule has 0 unspecified atom stereocenters. The molecule has 0 spiro atoms. The first-order valence-electron chi connectivity index (χ1n) is 16.1. The Kier molecular flexibility index (Phi) is 10.3. The fraction of sp³-hybridized carbons (Fsp3) is 0.250. The quantitative estimate of drug-likeness (QED) is 0.177. The molecule has 2 aliphatic rings. The monoisotopic (exact) mass is 890 g/mol. The molecule has 0 radical (unpaired) electrons. The van der Waals surface area contributed by atoms with Gasteiger partial charge in [-0.3, -0.25) is 9.97 Å². The molecule has 0 bridgehead atoms. The van der Waals surface area contributed by atoms with Crippen LogP contribution in [-0.2, 0) is 25.7 Å². The Morgan fingerprint density at radius 1 is 0.562 bits per heavy atom. The van der Waals surface area contributed by atoms with E-state index in [4.69, 9.17) is 19.4 Å². The van der Waals surface area contributed by atoms with Gasteiger partial charge in [0.25, 0.3) is 0 Å². The van der Waals surface area contributed by atoms with Crippen LogP contribution in [0.5, 0.6) is 11.5 Å². The average molecular weight is 894 g/mol. The second-order valence-electron chi connectivity index (χ2n) is 12.5. The Labute approximate surface area is 315 Å². The van der Waals surface area contributed by atoms with Crippen LogP contribution < -0.4 is 9.47 Å². The van der Waals surface area contributed by atoms with E-state index in [1.165, 1.54) is 44.4 Å². The number of aromatic nitrogens is 2. The van der Waals surface area contributed by atoms with E-state index in [0.29, 0.717) is 11.8 Å². The summed E-state index contributed by atoms with van der Waals surface area (Å²) in [5, 5.41) is 2.36. The van der Waals surface area contributed by atoms with Crippen LogP contribution in [0.4, 0.5) is 0 Å². The van der Waals surface area contributed by atoms with Crippen molar-refractivity contribution in [1.82, 2.24) is 9.97 Å². The lowest BCUT2D eigenvalue weighted by molar-refractivity contribution is 0.413. The molecule has 6 aromatic rings. The third-order valence-electron chi connectivity index (χ3n) is 9.53. The van der Waals surface area contributed by atoms with E-state index in [-0.39, 0.29) is 0 Å². The maximum absolute atomic E-state index is 5.38. The summed E-state index contributed by atoms with van der Waals surface area (Å²) in [5.74, 6) is 2.93. The van der Waals surface area contributed by atoms with Crippen LogP contribution in [0.1, 0.15) is 58.3 Å². The van der Waals surface area contributed by atoms with Crippen LogP contribution in [0.3, 0.4) is 0 Å². The minimum atomic E-state index is 0.530. The van der Waals surface area contributed by atoms with Gasteiger partial charge < -0.3 is 9.47 Å². The second-order valence-corrected chi connectivity index (χ2v) is 16.1. The minimum Gasteiger partial charge on any atom is -0.497 e. The fourth-order valence-electron chi connectivity index (χ4n) is 7.09. The third kappa shape index (κ3) is 7.23. The van der Waals surface area contributed by atoms with E-state index >= 15 is 0 Å². The highest BCUT2D eigenvalue weighted by molar-refractivity contribution is 9.11. The molecular formula is C40H34Br4N2O2. The van der Waals surface area contributed by atoms with Crippen LogP contribution in [0.15, 0.2) is 103 Å². The van der Waals surface area contributed by atoms with E-state index in [1.54, 1.807) is 14.2 Å². The SMILES string of the molecule is COc1cccc([C@H]2CCc3nc4c(Br)cc(Br)cc4cc3C2)c1.COc1cccc([C@H]2CCc3nc4c(Br)cc(Br)cc4cc3C2)c1. The number of fused-ring (bicyclic) bond motifs is 4. The Morgan fingerprint density at radius 2 is 1.00 bits per heavy atom. The highest BCUT2D eigenvalue weighted by atomic mass is 79.9. The van der Waals surface area contributed by atoms with Crippen molar-refractivity contribution in [3.63, 3.8) is 0 Å². The number of methoxy groups -OCH3 is 2. The van der Waals surface area contributed by atoms with Gasteiger partial charge in [-0.2, -0.15) is 0 Å². The number of halogens is 4. The van der Waals surface area contributed by atoms with E-state index in [2.05, 4.69) is 137 Å². The smallest absolute Gasteiger partial charge is 0.119 e. The van der Waals surface area contributed by atoms with Crippen LogP contribution in [0, 0.1) is 0 Å². The van der Waals surface area contributed by atoms with Gasteiger partial charge in [-0.1, -0.05) is 56.1 Å². The summed E-state index contributed by atoms with van der Waals surface area (Å²) < 4.78 is 15.0. The number of hydrogen-bond acceptors (Lipinski definition) is 4. The lowest BCUT2D eigenvalue weighted by atomic mass is 9.82. The second kappa shape index (κ2) is 14.6. The minimum absolute atomic E-state index is 0.530. The predicted molar refractivity (Wildman–Crippen MR) is 210 cm³/mol. The maximum atomic E-state index is 5.38. The first-order chi connectivity index (χ1) is 23.3. The van der Waals surface area contributed by atoms with Crippen LogP contribution in [-0.4, -0.2) is 24.2 Å². The zero-order chi connectivity index (χ0) is 33.4. The molecule has 0 saturated heterocycles. The number of rotatable bonds is 4. The van der Waals surface area contributed by atoms with Crippen molar-refractivity contribution in [3.05, 3.63) is 136 Å². The first-order valence-corrected chi connectivity index (χ1v) is 19.3. The molecular weight excluding hydrogens is 860 g/mol. The van der Waals surface area contributed by atoms with Gasteiger partial charge in [0.1, 0.15) is 11.5 Å². The molecule has 2 atom stereocenters. The normalized spacial score (nSPS) is 16.9. The van der Waals surface area contributed by atoms with Crippen LogP contribution in [0.2, 0.25) is 0 Å². The molecule has 0 fully saturated rings. The van der Waals surface area contributed by atoms with Crippen molar-refractivity contribution in [1.29, 1.82) is 0 Å². The zero-order valence-electron chi connectivity index (χ0n) is 26.7. The van der Waals surface area contributed by atoms with E-state index in [1.807, 2.05) is 12.1 Å². The van der Waals surface area contributed by atoms with E-state index in [0.717, 1.165) is 78.9 Å². The van der Waals surface area contributed by atoms with Crippen molar-refractivity contribution in [2.45, 2.75) is 50.4 Å². The summed E-state index contributed by atoms with van der Waals surface area (Å²) in [6.45, 7) is 0. The van der Waals surface area contributed by atoms with Gasteiger partial charge in [0.2, 0.25) is 0 Å². The maximum Gasteiger partial charge on any atom is 0.119 e. The van der Waals surface area contributed by atoms with Gasteiger partial charge in [0, 0.05) is 40.1 Å². The Balaban J connectivity index is 0.000000152. The van der Waals surface area contributed by atoms with Gasteiger partial charge in [-0.25, -0.2) is 0 Å². The molecule has 0 N–H and O–H groups in total. The summed E-state index contributed by atoms with van der Waals surface area (Å²) in [6, 6.07) is 29.9. The zero-order valence-corrected chi connectivity index (χ0v) is 33.0. The number of ether oxygens (including phenoxy) is 2. The summed E-state index contributed by atoms with van der Waals surface area (Å²) in [4.78, 5) is 9.85. The highest BCUT2D eigenvalue weighted by Gasteiger charge is 2.24. The lowest BCUT2D eigenvalue weighted by Crippen LogP contribution is -2.14. The largest absolute Gasteiger partial charge is 0.497 e. The first kappa shape index (κ1) is 33.7. The van der Waals surface area contributed by atoms with Crippen LogP contribution in [0.25, 0.3) is 21.8 Å². The van der Waals surface area contributed by atoms with Crippen molar-refractivity contribution < 1.29 is 9.47 Å². The molecule has 48 heavy (non-hydrogen) atoms. The third-order valence-corrected chi connectivity index (χ3v) is 11.7. The topological polar surface area (TPSA) is 44.2 Å². The van der Waals surface area contributed by atoms with Gasteiger partial charge >= 0.3 is 0 Å². The summed E-state index contributed by atoms with van der Waals surface area (Å²) in [7, 11) is 3.45. The summed E-state index contributed by atoms with van der Waals surface area (Å²) in [6.07, 6.45) is 6.39. The van der Waals surface area contributed by atoms with E-state index in [9.17, 15) is 0 Å². The number of pyridine rings is 2. The van der Waals surface area contributed by atoms with Crippen LogP contribution >= 0.6 is 63.7 Å². The molecule has 0 aliphatic heterocycles. The van der Waals surface area contributed by atoms with E-state index < -0.39 is 0 Å². The molecule has 2 aliphatic carbocycles. The predicted octanol–water partition coefficient (Wildman–Crippen LogP) is 12.1. The Hall–Kier alpha value is -2.78. The molecule has 8 rings (SSSR count). The van der Waals surface area contributed by atoms with Crippen molar-refractivity contribution in [2.24, 2.45) is 0 Å². The van der Waals surface area contributed by atoms with Crippen molar-refractivity contribution in [3.8, 4) is 11.5 Å². The molecule has 2 heterocycles. The Bertz CT molecular complexity index is 2000. The molecule has 2 aromatic heterocycles. The number of nitrogens with zero attached hydrogens (tertiary/aromatic N) is 2. The number of hydrogen-bond donors (Lipinski definition) is 0. The van der Waals surface area contributed by atoms with Gasteiger partial charge in [-0.05, 0) is 165 Å². The van der Waals surface area contributed by atoms with Gasteiger partial charge in [0.15, 0.2) is 0 Å².